The van der Waals surface area contributed by atoms with Gasteiger partial charge in [0.25, 0.3) is 0 Å². The molecule has 0 N–H and O–H groups in total. The van der Waals surface area contributed by atoms with E-state index in [-0.39, 0.29) is 0 Å². The van der Waals surface area contributed by atoms with E-state index >= 15 is 0 Å². The lowest BCUT2D eigenvalue weighted by Crippen LogP contribution is -2.10. The van der Waals surface area contributed by atoms with Gasteiger partial charge in [-0.2, -0.15) is 0 Å². The SMILES string of the molecule is CC1CC2CC2(C)C1C. The summed E-state index contributed by atoms with van der Waals surface area (Å²) in [7, 11) is 0. The molecule has 2 rings (SSSR count). The van der Waals surface area contributed by atoms with Gasteiger partial charge in [-0.05, 0) is 36.0 Å². The first-order chi connectivity index (χ1) is 4.14. The second-order valence-corrected chi connectivity index (χ2v) is 4.41. The van der Waals surface area contributed by atoms with E-state index < -0.39 is 0 Å². The first kappa shape index (κ1) is 5.76. The number of hydrogen-bond donors (Lipinski definition) is 0. The summed E-state index contributed by atoms with van der Waals surface area (Å²) in [4.78, 5) is 0. The molecule has 0 heteroatoms. The van der Waals surface area contributed by atoms with Crippen LogP contribution in [0.5, 0.6) is 0 Å². The lowest BCUT2D eigenvalue weighted by Gasteiger charge is -2.18. The lowest BCUT2D eigenvalue weighted by atomic mass is 9.88. The van der Waals surface area contributed by atoms with Gasteiger partial charge >= 0.3 is 0 Å². The van der Waals surface area contributed by atoms with Crippen molar-refractivity contribution in [1.29, 1.82) is 0 Å². The van der Waals surface area contributed by atoms with Gasteiger partial charge in [0.15, 0.2) is 0 Å². The molecule has 0 aliphatic heterocycles. The van der Waals surface area contributed by atoms with Crippen LogP contribution < -0.4 is 0 Å². The Hall–Kier alpha value is 0. The zero-order valence-electron chi connectivity index (χ0n) is 6.65. The first-order valence-electron chi connectivity index (χ1n) is 4.14. The van der Waals surface area contributed by atoms with Crippen LogP contribution in [0.15, 0.2) is 0 Å². The highest BCUT2D eigenvalue weighted by Gasteiger charge is 2.59. The van der Waals surface area contributed by atoms with Crippen LogP contribution in [0, 0.1) is 23.2 Å². The van der Waals surface area contributed by atoms with Crippen LogP contribution >= 0.6 is 0 Å². The molecular weight excluding hydrogens is 108 g/mol. The molecule has 0 radical (unpaired) electrons. The molecule has 52 valence electrons. The predicted octanol–water partition coefficient (Wildman–Crippen LogP) is 2.69. The maximum atomic E-state index is 2.46. The normalized spacial score (nSPS) is 63.7. The van der Waals surface area contributed by atoms with Crippen molar-refractivity contribution in [1.82, 2.24) is 0 Å². The summed E-state index contributed by atoms with van der Waals surface area (Å²) in [5.41, 5.74) is 0.791. The molecular formula is C9H16. The number of fused-ring (bicyclic) bond motifs is 1. The largest absolute Gasteiger partial charge is 0.0622 e. The standard InChI is InChI=1S/C9H16/c1-6-4-8-5-9(8,3)7(6)2/h6-8H,4-5H2,1-3H3. The summed E-state index contributed by atoms with van der Waals surface area (Å²) in [6.45, 7) is 7.30. The third-order valence-electron chi connectivity index (χ3n) is 4.01. The second kappa shape index (κ2) is 1.36. The molecule has 2 aliphatic carbocycles. The number of hydrogen-bond acceptors (Lipinski definition) is 0. The Kier molecular flexibility index (Phi) is 0.868. The van der Waals surface area contributed by atoms with Crippen molar-refractivity contribution >= 4 is 0 Å². The summed E-state index contributed by atoms with van der Waals surface area (Å²) >= 11 is 0. The molecule has 9 heavy (non-hydrogen) atoms. The predicted molar refractivity (Wildman–Crippen MR) is 39.2 cm³/mol. The third kappa shape index (κ3) is 0.544. The molecule has 0 heterocycles. The molecule has 0 aromatic carbocycles. The highest BCUT2D eigenvalue weighted by atomic mass is 14.6. The van der Waals surface area contributed by atoms with E-state index in [4.69, 9.17) is 0 Å². The molecule has 0 nitrogen and oxygen atoms in total. The van der Waals surface area contributed by atoms with Gasteiger partial charge in [0.05, 0.1) is 0 Å². The minimum absolute atomic E-state index is 0.791. The Morgan fingerprint density at radius 1 is 1.33 bits per heavy atom. The van der Waals surface area contributed by atoms with Crippen molar-refractivity contribution in [2.24, 2.45) is 23.2 Å². The van der Waals surface area contributed by atoms with Crippen molar-refractivity contribution in [3.8, 4) is 0 Å². The summed E-state index contributed by atoms with van der Waals surface area (Å²) < 4.78 is 0. The van der Waals surface area contributed by atoms with Gasteiger partial charge in [-0.25, -0.2) is 0 Å². The summed E-state index contributed by atoms with van der Waals surface area (Å²) in [5.74, 6) is 3.12. The van der Waals surface area contributed by atoms with Crippen LogP contribution in [0.4, 0.5) is 0 Å². The molecule has 0 spiro atoms. The van der Waals surface area contributed by atoms with E-state index in [1.54, 1.807) is 0 Å². The third-order valence-corrected chi connectivity index (χ3v) is 4.01. The topological polar surface area (TPSA) is 0 Å². The maximum Gasteiger partial charge on any atom is -0.0266 e. The molecule has 2 aliphatic rings. The summed E-state index contributed by atoms with van der Waals surface area (Å²) in [5, 5.41) is 0. The van der Waals surface area contributed by atoms with Crippen LogP contribution in [0.3, 0.4) is 0 Å². The van der Waals surface area contributed by atoms with E-state index in [1.807, 2.05) is 0 Å². The fourth-order valence-electron chi connectivity index (χ4n) is 2.69. The van der Waals surface area contributed by atoms with Gasteiger partial charge in [0.1, 0.15) is 0 Å². The molecule has 0 aromatic rings. The van der Waals surface area contributed by atoms with E-state index in [2.05, 4.69) is 20.8 Å². The molecule has 0 aromatic heterocycles. The molecule has 4 unspecified atom stereocenters. The monoisotopic (exact) mass is 124 g/mol. The highest BCUT2D eigenvalue weighted by molar-refractivity contribution is 5.08. The fraction of sp³-hybridized carbons (Fsp3) is 1.00. The fourth-order valence-corrected chi connectivity index (χ4v) is 2.69. The lowest BCUT2D eigenvalue weighted by molar-refractivity contribution is 0.314. The minimum Gasteiger partial charge on any atom is -0.0622 e. The van der Waals surface area contributed by atoms with Gasteiger partial charge in [0, 0.05) is 0 Å². The van der Waals surface area contributed by atoms with Crippen molar-refractivity contribution < 1.29 is 0 Å². The Morgan fingerprint density at radius 2 is 2.00 bits per heavy atom. The van der Waals surface area contributed by atoms with Gasteiger partial charge in [0.2, 0.25) is 0 Å². The summed E-state index contributed by atoms with van der Waals surface area (Å²) in [6, 6.07) is 0. The van der Waals surface area contributed by atoms with Crippen LogP contribution in [0.25, 0.3) is 0 Å². The molecule has 0 amide bonds. The van der Waals surface area contributed by atoms with Crippen molar-refractivity contribution in [2.45, 2.75) is 33.6 Å². The Bertz CT molecular complexity index is 139. The Balaban J connectivity index is 2.18. The average Bonchev–Trinajstić information content (AvgIpc) is 2.36. The van der Waals surface area contributed by atoms with E-state index in [0.29, 0.717) is 0 Å². The van der Waals surface area contributed by atoms with E-state index in [1.165, 1.54) is 12.8 Å². The number of rotatable bonds is 0. The molecule has 2 saturated carbocycles. The zero-order valence-corrected chi connectivity index (χ0v) is 6.65. The van der Waals surface area contributed by atoms with Gasteiger partial charge in [-0.1, -0.05) is 20.8 Å². The van der Waals surface area contributed by atoms with Crippen molar-refractivity contribution in [3.05, 3.63) is 0 Å². The molecule has 4 atom stereocenters. The van der Waals surface area contributed by atoms with Crippen LogP contribution in [-0.4, -0.2) is 0 Å². The zero-order chi connectivity index (χ0) is 6.65. The van der Waals surface area contributed by atoms with Crippen LogP contribution in [0.2, 0.25) is 0 Å². The van der Waals surface area contributed by atoms with Crippen molar-refractivity contribution in [2.75, 3.05) is 0 Å². The maximum absolute atomic E-state index is 2.46. The average molecular weight is 124 g/mol. The van der Waals surface area contributed by atoms with E-state index in [9.17, 15) is 0 Å². The van der Waals surface area contributed by atoms with E-state index in [0.717, 1.165) is 23.2 Å². The first-order valence-corrected chi connectivity index (χ1v) is 4.14. The van der Waals surface area contributed by atoms with Crippen LogP contribution in [-0.2, 0) is 0 Å². The smallest absolute Gasteiger partial charge is 0.0266 e. The van der Waals surface area contributed by atoms with Gasteiger partial charge < -0.3 is 0 Å². The van der Waals surface area contributed by atoms with Gasteiger partial charge in [-0.3, -0.25) is 0 Å². The van der Waals surface area contributed by atoms with Crippen molar-refractivity contribution in [3.63, 3.8) is 0 Å². The second-order valence-electron chi connectivity index (χ2n) is 4.41. The highest BCUT2D eigenvalue weighted by Crippen LogP contribution is 2.67. The Morgan fingerprint density at radius 3 is 2.22 bits per heavy atom. The summed E-state index contributed by atoms with van der Waals surface area (Å²) in [6.07, 6.45) is 3.04. The molecule has 0 bridgehead atoms. The Labute approximate surface area is 57.6 Å². The minimum atomic E-state index is 0.791. The quantitative estimate of drug-likeness (QED) is 0.465. The molecule has 2 fully saturated rings. The molecule has 0 saturated heterocycles. The van der Waals surface area contributed by atoms with Crippen LogP contribution in [0.1, 0.15) is 33.6 Å². The van der Waals surface area contributed by atoms with Gasteiger partial charge in [-0.15, -0.1) is 0 Å².